The molecule has 0 saturated carbocycles. The fourth-order valence-corrected chi connectivity index (χ4v) is 1.87. The number of nitrogens with one attached hydrogen (secondary N) is 1. The molecule has 0 spiro atoms. The highest BCUT2D eigenvalue weighted by Crippen LogP contribution is 2.26. The molecule has 0 aromatic heterocycles. The molecule has 1 aromatic carbocycles. The van der Waals surface area contributed by atoms with Crippen LogP contribution in [-0.4, -0.2) is 43.2 Å². The lowest BCUT2D eigenvalue weighted by Crippen LogP contribution is -2.15. The van der Waals surface area contributed by atoms with Crippen molar-refractivity contribution >= 4 is 11.6 Å². The molecule has 1 rings (SSSR count). The van der Waals surface area contributed by atoms with Crippen molar-refractivity contribution in [1.29, 1.82) is 0 Å². The van der Waals surface area contributed by atoms with E-state index in [1.165, 1.54) is 0 Å². The van der Waals surface area contributed by atoms with E-state index in [0.29, 0.717) is 24.3 Å². The molecular weight excluding hydrogens is 256 g/mol. The molecule has 5 nitrogen and oxygen atoms in total. The van der Waals surface area contributed by atoms with Gasteiger partial charge in [0, 0.05) is 13.0 Å². The van der Waals surface area contributed by atoms with Crippen LogP contribution >= 0.6 is 0 Å². The molecular formula is C15H24N2O3. The van der Waals surface area contributed by atoms with Crippen LogP contribution in [0.5, 0.6) is 5.75 Å². The van der Waals surface area contributed by atoms with Gasteiger partial charge < -0.3 is 20.1 Å². The minimum absolute atomic E-state index is 0.119. The van der Waals surface area contributed by atoms with Crippen LogP contribution in [0.15, 0.2) is 18.2 Å². The van der Waals surface area contributed by atoms with Gasteiger partial charge in [0.25, 0.3) is 0 Å². The first-order valence-electron chi connectivity index (χ1n) is 6.72. The van der Waals surface area contributed by atoms with Crippen molar-refractivity contribution in [3.8, 4) is 5.75 Å². The quantitative estimate of drug-likeness (QED) is 0.800. The van der Waals surface area contributed by atoms with E-state index in [1.54, 1.807) is 14.0 Å². The molecule has 112 valence electrons. The first-order chi connectivity index (χ1) is 9.42. The van der Waals surface area contributed by atoms with Crippen molar-refractivity contribution in [3.63, 3.8) is 0 Å². The Balaban J connectivity index is 2.77. The lowest BCUT2D eigenvalue weighted by molar-refractivity contribution is -0.116. The number of hydrogen-bond donors (Lipinski definition) is 2. The van der Waals surface area contributed by atoms with Gasteiger partial charge in [0.05, 0.1) is 18.9 Å². The Kier molecular flexibility index (Phi) is 6.48. The Morgan fingerprint density at radius 3 is 2.70 bits per heavy atom. The number of carbonyl (C=O) groups excluding carboxylic acids is 1. The summed E-state index contributed by atoms with van der Waals surface area (Å²) in [5, 5.41) is 12.0. The summed E-state index contributed by atoms with van der Waals surface area (Å²) in [7, 11) is 5.56. The van der Waals surface area contributed by atoms with Crippen LogP contribution in [-0.2, 0) is 11.3 Å². The number of benzene rings is 1. The third-order valence-corrected chi connectivity index (χ3v) is 2.83. The van der Waals surface area contributed by atoms with Crippen LogP contribution in [0.3, 0.4) is 0 Å². The number of amides is 1. The standard InChI is InChI=1S/C15H24N2O3/c1-11(18)5-8-15(19)16-13-9-12(10-17(2)3)6-7-14(13)20-4/h6-7,9,11,18H,5,8,10H2,1-4H3,(H,16,19). The zero-order valence-electron chi connectivity index (χ0n) is 12.6. The second-order valence-electron chi connectivity index (χ2n) is 5.21. The fraction of sp³-hybridized carbons (Fsp3) is 0.533. The number of aliphatic hydroxyl groups is 1. The molecule has 20 heavy (non-hydrogen) atoms. The highest BCUT2D eigenvalue weighted by molar-refractivity contribution is 5.92. The van der Waals surface area contributed by atoms with Crippen molar-refractivity contribution in [1.82, 2.24) is 4.90 Å². The molecule has 0 aliphatic rings. The largest absolute Gasteiger partial charge is 0.495 e. The average Bonchev–Trinajstić information content (AvgIpc) is 2.36. The molecule has 0 radical (unpaired) electrons. The van der Waals surface area contributed by atoms with Crippen molar-refractivity contribution in [2.75, 3.05) is 26.5 Å². The Labute approximate surface area is 120 Å². The Bertz CT molecular complexity index is 445. The highest BCUT2D eigenvalue weighted by atomic mass is 16.5. The summed E-state index contributed by atoms with van der Waals surface area (Å²) in [5.41, 5.74) is 1.77. The first kappa shape index (κ1) is 16.5. The summed E-state index contributed by atoms with van der Waals surface area (Å²) in [6.45, 7) is 2.46. The van der Waals surface area contributed by atoms with Crippen LogP contribution in [0.25, 0.3) is 0 Å². The molecule has 0 aliphatic heterocycles. The number of rotatable bonds is 7. The van der Waals surface area contributed by atoms with E-state index < -0.39 is 6.10 Å². The van der Waals surface area contributed by atoms with Gasteiger partial charge in [-0.15, -0.1) is 0 Å². The number of methoxy groups -OCH3 is 1. The van der Waals surface area contributed by atoms with Crippen LogP contribution in [0.4, 0.5) is 5.69 Å². The first-order valence-corrected chi connectivity index (χ1v) is 6.72. The summed E-state index contributed by atoms with van der Waals surface area (Å²) < 4.78 is 5.25. The van der Waals surface area contributed by atoms with Crippen LogP contribution in [0.2, 0.25) is 0 Å². The van der Waals surface area contributed by atoms with Gasteiger partial charge in [0.2, 0.25) is 5.91 Å². The third-order valence-electron chi connectivity index (χ3n) is 2.83. The number of carbonyl (C=O) groups is 1. The molecule has 0 bridgehead atoms. The Hall–Kier alpha value is -1.59. The van der Waals surface area contributed by atoms with Gasteiger partial charge in [-0.1, -0.05) is 6.07 Å². The second-order valence-corrected chi connectivity index (χ2v) is 5.21. The van der Waals surface area contributed by atoms with Crippen LogP contribution < -0.4 is 10.1 Å². The molecule has 1 atom stereocenters. The topological polar surface area (TPSA) is 61.8 Å². The van der Waals surface area contributed by atoms with Crippen LogP contribution in [0.1, 0.15) is 25.3 Å². The maximum atomic E-state index is 11.8. The van der Waals surface area contributed by atoms with Crippen molar-refractivity contribution < 1.29 is 14.6 Å². The van der Waals surface area contributed by atoms with Gasteiger partial charge in [0.15, 0.2) is 0 Å². The zero-order chi connectivity index (χ0) is 15.1. The van der Waals surface area contributed by atoms with Crippen LogP contribution in [0, 0.1) is 0 Å². The predicted molar refractivity (Wildman–Crippen MR) is 79.9 cm³/mol. The lowest BCUT2D eigenvalue weighted by Gasteiger charge is -2.14. The number of nitrogens with zero attached hydrogens (tertiary/aromatic N) is 1. The Morgan fingerprint density at radius 1 is 1.45 bits per heavy atom. The molecule has 0 saturated heterocycles. The van der Waals surface area contributed by atoms with E-state index in [-0.39, 0.29) is 5.91 Å². The van der Waals surface area contributed by atoms with E-state index in [0.717, 1.165) is 12.1 Å². The monoisotopic (exact) mass is 280 g/mol. The summed E-state index contributed by atoms with van der Waals surface area (Å²) >= 11 is 0. The van der Waals surface area contributed by atoms with Crippen molar-refractivity contribution in [3.05, 3.63) is 23.8 Å². The van der Waals surface area contributed by atoms with Crippen molar-refractivity contribution in [2.24, 2.45) is 0 Å². The Morgan fingerprint density at radius 2 is 2.15 bits per heavy atom. The maximum Gasteiger partial charge on any atom is 0.224 e. The number of anilines is 1. The summed E-state index contributed by atoms with van der Waals surface area (Å²) in [4.78, 5) is 13.9. The molecule has 1 amide bonds. The van der Waals surface area contributed by atoms with Gasteiger partial charge in [-0.2, -0.15) is 0 Å². The second kappa shape index (κ2) is 7.87. The van der Waals surface area contributed by atoms with E-state index in [1.807, 2.05) is 32.3 Å². The maximum absolute atomic E-state index is 11.8. The SMILES string of the molecule is COc1ccc(CN(C)C)cc1NC(=O)CCC(C)O. The van der Waals surface area contributed by atoms with Gasteiger partial charge in [-0.25, -0.2) is 0 Å². The van der Waals surface area contributed by atoms with E-state index in [4.69, 9.17) is 4.74 Å². The minimum atomic E-state index is -0.470. The van der Waals surface area contributed by atoms with Gasteiger partial charge >= 0.3 is 0 Å². The average molecular weight is 280 g/mol. The van der Waals surface area contributed by atoms with Crippen molar-refractivity contribution in [2.45, 2.75) is 32.4 Å². The molecule has 5 heteroatoms. The molecule has 0 fully saturated rings. The summed E-state index contributed by atoms with van der Waals surface area (Å²) in [6.07, 6.45) is 0.271. The normalized spacial score (nSPS) is 12.3. The highest BCUT2D eigenvalue weighted by Gasteiger charge is 2.10. The third kappa shape index (κ3) is 5.59. The molecule has 2 N–H and O–H groups in total. The van der Waals surface area contributed by atoms with E-state index in [2.05, 4.69) is 10.2 Å². The summed E-state index contributed by atoms with van der Waals surface area (Å²) in [5.74, 6) is 0.518. The minimum Gasteiger partial charge on any atom is -0.495 e. The zero-order valence-corrected chi connectivity index (χ0v) is 12.6. The molecule has 1 aromatic rings. The van der Waals surface area contributed by atoms with E-state index >= 15 is 0 Å². The van der Waals surface area contributed by atoms with Gasteiger partial charge in [-0.3, -0.25) is 4.79 Å². The van der Waals surface area contributed by atoms with Gasteiger partial charge in [0.1, 0.15) is 5.75 Å². The lowest BCUT2D eigenvalue weighted by atomic mass is 10.1. The smallest absolute Gasteiger partial charge is 0.224 e. The molecule has 0 aliphatic carbocycles. The van der Waals surface area contributed by atoms with Gasteiger partial charge in [-0.05, 0) is 45.1 Å². The van der Waals surface area contributed by atoms with E-state index in [9.17, 15) is 9.90 Å². The molecule has 0 heterocycles. The number of ether oxygens (including phenoxy) is 1. The fourth-order valence-electron chi connectivity index (χ4n) is 1.87. The number of aliphatic hydroxyl groups excluding tert-OH is 1. The summed E-state index contributed by atoms with van der Waals surface area (Å²) in [6, 6.07) is 5.74. The predicted octanol–water partition coefficient (Wildman–Crippen LogP) is 1.86. The molecule has 1 unspecified atom stereocenters. The number of hydrogen-bond acceptors (Lipinski definition) is 4.